The number of hydrogen-bond acceptors (Lipinski definition) is 3. The highest BCUT2D eigenvalue weighted by Gasteiger charge is 2.16. The monoisotopic (exact) mass is 226 g/mol. The fourth-order valence-corrected chi connectivity index (χ4v) is 1.40. The molecule has 15 heavy (non-hydrogen) atoms. The van der Waals surface area contributed by atoms with Gasteiger partial charge in [0.1, 0.15) is 0 Å². The first-order chi connectivity index (χ1) is 6.99. The molecule has 0 fully saturated rings. The predicted molar refractivity (Wildman–Crippen MR) is 66.2 cm³/mol. The van der Waals surface area contributed by atoms with E-state index in [0.29, 0.717) is 6.42 Å². The van der Waals surface area contributed by atoms with Crippen molar-refractivity contribution in [3.05, 3.63) is 0 Å². The summed E-state index contributed by atoms with van der Waals surface area (Å²) in [7, 11) is -1.57. The van der Waals surface area contributed by atoms with Crippen LogP contribution in [0.15, 0.2) is 5.16 Å². The molecule has 0 aromatic heterocycles. The molecule has 0 atom stereocenters. The van der Waals surface area contributed by atoms with E-state index in [1.807, 2.05) is 0 Å². The van der Waals surface area contributed by atoms with Crippen LogP contribution in [0, 0.1) is 11.3 Å². The van der Waals surface area contributed by atoms with Gasteiger partial charge in [-0.3, -0.25) is 0 Å². The Kier molecular flexibility index (Phi) is 7.06. The summed E-state index contributed by atoms with van der Waals surface area (Å²) in [6.07, 6.45) is 4.53. The van der Waals surface area contributed by atoms with Crippen molar-refractivity contribution in [1.29, 1.82) is 5.26 Å². The quantitative estimate of drug-likeness (QED) is 0.377. The molecule has 0 bridgehead atoms. The van der Waals surface area contributed by atoms with E-state index < -0.39 is 8.32 Å². The Morgan fingerprint density at radius 2 is 2.00 bits per heavy atom. The second-order valence-corrected chi connectivity index (χ2v) is 9.03. The topological polar surface area (TPSA) is 45.4 Å². The molecule has 3 nitrogen and oxygen atoms in total. The molecule has 0 aromatic rings. The molecule has 0 heterocycles. The molecule has 0 aliphatic rings. The minimum Gasteiger partial charge on any atom is -0.456 e. The Bertz CT molecular complexity index is 238. The molecule has 0 aromatic carbocycles. The van der Waals surface area contributed by atoms with Gasteiger partial charge in [-0.05, 0) is 32.5 Å². The van der Waals surface area contributed by atoms with Crippen LogP contribution in [0.2, 0.25) is 19.6 Å². The normalized spacial score (nSPS) is 12.3. The SMILES string of the molecule is CCCC/C(CCC#N)=N\O[Si](C)(C)C. The first-order valence-electron chi connectivity index (χ1n) is 5.60. The van der Waals surface area contributed by atoms with Crippen molar-refractivity contribution in [2.24, 2.45) is 5.16 Å². The Hall–Kier alpha value is -0.823. The Balaban J connectivity index is 4.15. The van der Waals surface area contributed by atoms with Gasteiger partial charge >= 0.3 is 0 Å². The highest BCUT2D eigenvalue weighted by atomic mass is 28.4. The van der Waals surface area contributed by atoms with E-state index in [2.05, 4.69) is 37.8 Å². The lowest BCUT2D eigenvalue weighted by molar-refractivity contribution is 0.332. The van der Waals surface area contributed by atoms with Gasteiger partial charge in [0.05, 0.1) is 11.8 Å². The Morgan fingerprint density at radius 1 is 1.33 bits per heavy atom. The first kappa shape index (κ1) is 14.2. The molecule has 86 valence electrons. The van der Waals surface area contributed by atoms with Crippen LogP contribution in [0.25, 0.3) is 0 Å². The largest absolute Gasteiger partial charge is 0.456 e. The first-order valence-corrected chi connectivity index (χ1v) is 9.01. The zero-order valence-electron chi connectivity index (χ0n) is 10.3. The minimum atomic E-state index is -1.57. The summed E-state index contributed by atoms with van der Waals surface area (Å²) >= 11 is 0. The van der Waals surface area contributed by atoms with Crippen molar-refractivity contribution in [2.45, 2.75) is 58.7 Å². The third kappa shape index (κ3) is 9.48. The van der Waals surface area contributed by atoms with E-state index in [1.54, 1.807) is 0 Å². The van der Waals surface area contributed by atoms with Crippen molar-refractivity contribution in [3.63, 3.8) is 0 Å². The molecule has 0 saturated heterocycles. The van der Waals surface area contributed by atoms with Gasteiger partial charge in [-0.25, -0.2) is 0 Å². The second kappa shape index (κ2) is 7.47. The zero-order chi connectivity index (χ0) is 11.7. The number of unbranched alkanes of at least 4 members (excludes halogenated alkanes) is 1. The van der Waals surface area contributed by atoms with Crippen molar-refractivity contribution in [2.75, 3.05) is 0 Å². The maximum absolute atomic E-state index is 8.53. The van der Waals surface area contributed by atoms with Crippen LogP contribution in [-0.4, -0.2) is 14.0 Å². The van der Waals surface area contributed by atoms with E-state index in [9.17, 15) is 0 Å². The van der Waals surface area contributed by atoms with Gasteiger partial charge in [-0.2, -0.15) is 5.26 Å². The molecular formula is C11H22N2OSi. The summed E-state index contributed by atoms with van der Waals surface area (Å²) in [5.41, 5.74) is 1.04. The molecular weight excluding hydrogens is 204 g/mol. The van der Waals surface area contributed by atoms with Crippen molar-refractivity contribution >= 4 is 14.0 Å². The average molecular weight is 226 g/mol. The van der Waals surface area contributed by atoms with Crippen LogP contribution in [0.5, 0.6) is 0 Å². The van der Waals surface area contributed by atoms with E-state index in [4.69, 9.17) is 9.79 Å². The summed E-state index contributed by atoms with van der Waals surface area (Å²) in [5.74, 6) is 0. The maximum Gasteiger partial charge on any atom is 0.278 e. The van der Waals surface area contributed by atoms with Crippen LogP contribution in [-0.2, 0) is 4.53 Å². The summed E-state index contributed by atoms with van der Waals surface area (Å²) in [4.78, 5) is 0. The van der Waals surface area contributed by atoms with Gasteiger partial charge in [0.15, 0.2) is 0 Å². The van der Waals surface area contributed by atoms with Gasteiger partial charge in [0, 0.05) is 12.8 Å². The third-order valence-electron chi connectivity index (χ3n) is 1.79. The lowest BCUT2D eigenvalue weighted by atomic mass is 10.1. The molecule has 0 radical (unpaired) electrons. The van der Waals surface area contributed by atoms with Crippen LogP contribution >= 0.6 is 0 Å². The summed E-state index contributed by atoms with van der Waals surface area (Å²) in [6.45, 7) is 8.48. The number of rotatable bonds is 7. The van der Waals surface area contributed by atoms with Gasteiger partial charge in [0.25, 0.3) is 8.32 Å². The van der Waals surface area contributed by atoms with E-state index in [-0.39, 0.29) is 0 Å². The van der Waals surface area contributed by atoms with Crippen LogP contribution in [0.1, 0.15) is 39.0 Å². The number of nitriles is 1. The standard InChI is InChI=1S/C11H22N2OSi/c1-5-6-8-11(9-7-10-12)13-14-15(2,3)4/h5-9H2,1-4H3/b13-11+. The number of nitrogens with zero attached hydrogens (tertiary/aromatic N) is 2. The zero-order valence-corrected chi connectivity index (χ0v) is 11.3. The minimum absolute atomic E-state index is 0.539. The van der Waals surface area contributed by atoms with E-state index >= 15 is 0 Å². The van der Waals surface area contributed by atoms with Crippen LogP contribution in [0.3, 0.4) is 0 Å². The van der Waals surface area contributed by atoms with Gasteiger partial charge in [0.2, 0.25) is 0 Å². The Labute approximate surface area is 94.2 Å². The summed E-state index contributed by atoms with van der Waals surface area (Å²) in [5, 5.41) is 12.7. The van der Waals surface area contributed by atoms with Crippen molar-refractivity contribution in [1.82, 2.24) is 0 Å². The van der Waals surface area contributed by atoms with Crippen molar-refractivity contribution < 1.29 is 4.53 Å². The highest BCUT2D eigenvalue weighted by molar-refractivity contribution is 6.69. The molecule has 4 heteroatoms. The predicted octanol–water partition coefficient (Wildman–Crippen LogP) is 3.69. The average Bonchev–Trinajstić information content (AvgIpc) is 2.15. The lowest BCUT2D eigenvalue weighted by Gasteiger charge is -2.14. The molecule has 0 unspecified atom stereocenters. The van der Waals surface area contributed by atoms with Gasteiger partial charge < -0.3 is 4.53 Å². The van der Waals surface area contributed by atoms with E-state index in [0.717, 1.165) is 31.4 Å². The molecule has 0 saturated carbocycles. The molecule has 0 amide bonds. The fraction of sp³-hybridized carbons (Fsp3) is 0.818. The van der Waals surface area contributed by atoms with Gasteiger partial charge in [-0.1, -0.05) is 13.3 Å². The maximum atomic E-state index is 8.53. The fourth-order valence-electron chi connectivity index (χ4n) is 0.999. The Morgan fingerprint density at radius 3 is 2.47 bits per heavy atom. The van der Waals surface area contributed by atoms with Crippen LogP contribution in [0.4, 0.5) is 0 Å². The smallest absolute Gasteiger partial charge is 0.278 e. The van der Waals surface area contributed by atoms with Gasteiger partial charge in [-0.15, -0.1) is 5.16 Å². The summed E-state index contributed by atoms with van der Waals surface area (Å²) in [6, 6.07) is 2.15. The van der Waals surface area contributed by atoms with E-state index in [1.165, 1.54) is 0 Å². The number of oxime groups is 1. The van der Waals surface area contributed by atoms with Crippen molar-refractivity contribution in [3.8, 4) is 6.07 Å². The molecule has 0 aliphatic carbocycles. The molecule has 0 spiro atoms. The molecule has 0 aliphatic heterocycles. The molecule has 0 N–H and O–H groups in total. The second-order valence-electron chi connectivity index (χ2n) is 4.62. The lowest BCUT2D eigenvalue weighted by Crippen LogP contribution is -2.23. The highest BCUT2D eigenvalue weighted by Crippen LogP contribution is 2.08. The number of hydrogen-bond donors (Lipinski definition) is 0. The van der Waals surface area contributed by atoms with Crippen LogP contribution < -0.4 is 0 Å². The third-order valence-corrected chi connectivity index (χ3v) is 2.43. The summed E-state index contributed by atoms with van der Waals surface area (Å²) < 4.78 is 5.50. The molecule has 0 rings (SSSR count).